The maximum atomic E-state index is 12.8. The molecule has 2 atom stereocenters. The minimum absolute atomic E-state index is 0.0226. The van der Waals surface area contributed by atoms with Crippen LogP contribution in [0.5, 0.6) is 0 Å². The van der Waals surface area contributed by atoms with E-state index in [9.17, 15) is 4.79 Å². The fourth-order valence-electron chi connectivity index (χ4n) is 4.49. The van der Waals surface area contributed by atoms with Gasteiger partial charge >= 0.3 is 0 Å². The number of benzene rings is 1. The number of ketones is 1. The summed E-state index contributed by atoms with van der Waals surface area (Å²) in [5, 5.41) is 1.45. The molecule has 4 rings (SSSR count). The lowest BCUT2D eigenvalue weighted by atomic mass is 9.87. The van der Waals surface area contributed by atoms with Crippen LogP contribution in [0.4, 0.5) is 0 Å². The number of carbonyl (C=O) groups is 1. The van der Waals surface area contributed by atoms with E-state index in [1.54, 1.807) is 0 Å². The van der Waals surface area contributed by atoms with E-state index in [0.29, 0.717) is 12.2 Å². The first kappa shape index (κ1) is 19.3. The highest BCUT2D eigenvalue weighted by Crippen LogP contribution is 2.33. The van der Waals surface area contributed by atoms with Gasteiger partial charge in [-0.25, -0.2) is 0 Å². The third-order valence-electron chi connectivity index (χ3n) is 6.02. The Labute approximate surface area is 172 Å². The number of allylic oxidation sites excluding steroid dienone is 5. The molecule has 2 aliphatic carbocycles. The summed E-state index contributed by atoms with van der Waals surface area (Å²) in [5.41, 5.74) is 5.26. The monoisotopic (exact) mass is 393 g/mol. The van der Waals surface area contributed by atoms with Gasteiger partial charge < -0.3 is 4.57 Å². The van der Waals surface area contributed by atoms with Crippen molar-refractivity contribution in [3.8, 4) is 0 Å². The Balaban J connectivity index is 1.36. The van der Waals surface area contributed by atoms with Gasteiger partial charge in [0, 0.05) is 35.5 Å². The molecule has 1 aromatic heterocycles. The number of hydrogen-bond acceptors (Lipinski definition) is 1. The molecule has 28 heavy (non-hydrogen) atoms. The van der Waals surface area contributed by atoms with Crippen molar-refractivity contribution in [2.24, 2.45) is 5.92 Å². The first-order valence-corrected chi connectivity index (χ1v) is 10.9. The average Bonchev–Trinajstić information content (AvgIpc) is 3.05. The van der Waals surface area contributed by atoms with Crippen LogP contribution in [-0.4, -0.2) is 15.7 Å². The van der Waals surface area contributed by atoms with Crippen LogP contribution in [0.3, 0.4) is 0 Å². The fraction of sp³-hybridized carbons (Fsp3) is 0.400. The zero-order chi connectivity index (χ0) is 19.5. The molecule has 146 valence electrons. The topological polar surface area (TPSA) is 22.0 Å². The summed E-state index contributed by atoms with van der Waals surface area (Å²) in [7, 11) is 0. The molecule has 0 saturated carbocycles. The summed E-state index contributed by atoms with van der Waals surface area (Å²) in [4.78, 5) is 12.8. The van der Waals surface area contributed by atoms with E-state index in [-0.39, 0.29) is 11.3 Å². The van der Waals surface area contributed by atoms with E-state index in [0.717, 1.165) is 38.6 Å². The lowest BCUT2D eigenvalue weighted by Crippen LogP contribution is -2.18. The van der Waals surface area contributed by atoms with Gasteiger partial charge in [-0.2, -0.15) is 0 Å². The van der Waals surface area contributed by atoms with Crippen LogP contribution >= 0.6 is 11.6 Å². The number of fused-ring (bicyclic) bond motifs is 3. The smallest absolute Gasteiger partial charge is 0.140 e. The van der Waals surface area contributed by atoms with Crippen molar-refractivity contribution in [2.45, 2.75) is 57.4 Å². The number of rotatable bonds is 7. The van der Waals surface area contributed by atoms with Crippen LogP contribution in [0.1, 0.15) is 50.3 Å². The Morgan fingerprint density at radius 3 is 2.82 bits per heavy atom. The van der Waals surface area contributed by atoms with Gasteiger partial charge in [0.05, 0.1) is 5.38 Å². The van der Waals surface area contributed by atoms with Gasteiger partial charge in [-0.05, 0) is 56.7 Å². The molecule has 0 spiro atoms. The highest BCUT2D eigenvalue weighted by atomic mass is 35.5. The predicted octanol–water partition coefficient (Wildman–Crippen LogP) is 6.47. The summed E-state index contributed by atoms with van der Waals surface area (Å²) in [5.74, 6) is 0.402. The molecule has 1 heterocycles. The molecule has 2 nitrogen and oxygen atoms in total. The van der Waals surface area contributed by atoms with Crippen LogP contribution in [0, 0.1) is 5.92 Å². The van der Waals surface area contributed by atoms with E-state index in [1.165, 1.54) is 27.7 Å². The quantitative estimate of drug-likeness (QED) is 0.390. The Morgan fingerprint density at radius 2 is 2.04 bits per heavy atom. The molecule has 0 amide bonds. The van der Waals surface area contributed by atoms with Crippen molar-refractivity contribution in [1.82, 2.24) is 4.57 Å². The number of hydrogen-bond donors (Lipinski definition) is 0. The van der Waals surface area contributed by atoms with E-state index >= 15 is 0 Å². The van der Waals surface area contributed by atoms with Gasteiger partial charge in [-0.3, -0.25) is 4.79 Å². The molecular formula is C25H28ClNO. The number of aryl methyl sites for hydroxylation is 1. The van der Waals surface area contributed by atoms with E-state index < -0.39 is 0 Å². The molecule has 0 fully saturated rings. The van der Waals surface area contributed by atoms with Gasteiger partial charge in [-0.1, -0.05) is 48.1 Å². The SMILES string of the molecule is CCn1c2c(c3ccccc31)CC(C(=O)CCCCC1=CCC(Cl)C=C1)C=C2. The van der Waals surface area contributed by atoms with Crippen LogP contribution in [0.25, 0.3) is 17.0 Å². The molecular weight excluding hydrogens is 366 g/mol. The maximum Gasteiger partial charge on any atom is 0.140 e. The highest BCUT2D eigenvalue weighted by Gasteiger charge is 2.24. The van der Waals surface area contributed by atoms with Crippen LogP contribution in [0.2, 0.25) is 0 Å². The minimum Gasteiger partial charge on any atom is -0.341 e. The third-order valence-corrected chi connectivity index (χ3v) is 6.35. The van der Waals surface area contributed by atoms with E-state index in [1.807, 2.05) is 0 Å². The number of Topliss-reactive ketones (excluding diaryl/α,β-unsaturated/α-hetero) is 1. The van der Waals surface area contributed by atoms with Crippen LogP contribution in [-0.2, 0) is 17.8 Å². The van der Waals surface area contributed by atoms with Crippen LogP contribution in [0.15, 0.2) is 54.1 Å². The molecule has 0 saturated heterocycles. The van der Waals surface area contributed by atoms with Crippen molar-refractivity contribution < 1.29 is 4.79 Å². The van der Waals surface area contributed by atoms with Crippen molar-refractivity contribution in [1.29, 1.82) is 0 Å². The summed E-state index contributed by atoms with van der Waals surface area (Å²) >= 11 is 6.07. The van der Waals surface area contributed by atoms with Crippen molar-refractivity contribution in [3.63, 3.8) is 0 Å². The normalized spacial score (nSPS) is 21.0. The predicted molar refractivity (Wildman–Crippen MR) is 119 cm³/mol. The maximum absolute atomic E-state index is 12.8. The van der Waals surface area contributed by atoms with Gasteiger partial charge in [-0.15, -0.1) is 11.6 Å². The zero-order valence-corrected chi connectivity index (χ0v) is 17.3. The summed E-state index contributed by atoms with van der Waals surface area (Å²) in [6, 6.07) is 8.57. The van der Waals surface area contributed by atoms with Crippen molar-refractivity contribution >= 4 is 34.4 Å². The lowest BCUT2D eigenvalue weighted by molar-refractivity contribution is -0.121. The molecule has 0 bridgehead atoms. The second kappa shape index (κ2) is 8.53. The number of aromatic nitrogens is 1. The molecule has 2 unspecified atom stereocenters. The molecule has 0 N–H and O–H groups in total. The van der Waals surface area contributed by atoms with Gasteiger partial charge in [0.1, 0.15) is 5.78 Å². The van der Waals surface area contributed by atoms with E-state index in [4.69, 9.17) is 11.6 Å². The van der Waals surface area contributed by atoms with Crippen molar-refractivity contribution in [3.05, 3.63) is 65.4 Å². The van der Waals surface area contributed by atoms with Crippen molar-refractivity contribution in [2.75, 3.05) is 0 Å². The fourth-order valence-corrected chi connectivity index (χ4v) is 4.66. The molecule has 2 aliphatic rings. The molecule has 0 radical (unpaired) electrons. The van der Waals surface area contributed by atoms with Gasteiger partial charge in [0.25, 0.3) is 0 Å². The first-order valence-electron chi connectivity index (χ1n) is 10.5. The lowest BCUT2D eigenvalue weighted by Gasteiger charge is -2.18. The summed E-state index contributed by atoms with van der Waals surface area (Å²) in [6.07, 6.45) is 16.2. The largest absolute Gasteiger partial charge is 0.341 e. The van der Waals surface area contributed by atoms with Gasteiger partial charge in [0.2, 0.25) is 0 Å². The van der Waals surface area contributed by atoms with Gasteiger partial charge in [0.15, 0.2) is 0 Å². The Hall–Kier alpha value is -2.06. The minimum atomic E-state index is 0.0226. The second-order valence-corrected chi connectivity index (χ2v) is 8.42. The Morgan fingerprint density at radius 1 is 1.18 bits per heavy atom. The van der Waals surface area contributed by atoms with E-state index in [2.05, 4.69) is 66.1 Å². The number of nitrogens with zero attached hydrogens (tertiary/aromatic N) is 1. The average molecular weight is 394 g/mol. The first-order chi connectivity index (χ1) is 13.7. The molecule has 1 aromatic carbocycles. The molecule has 2 aromatic rings. The Kier molecular flexibility index (Phi) is 5.87. The second-order valence-electron chi connectivity index (χ2n) is 7.86. The van der Waals surface area contributed by atoms with Crippen LogP contribution < -0.4 is 0 Å². The Bertz CT molecular complexity index is 962. The highest BCUT2D eigenvalue weighted by molar-refractivity contribution is 6.22. The third kappa shape index (κ3) is 3.89. The molecule has 0 aliphatic heterocycles. The summed E-state index contributed by atoms with van der Waals surface area (Å²) < 4.78 is 2.36. The summed E-state index contributed by atoms with van der Waals surface area (Å²) in [6.45, 7) is 3.13. The number of alkyl halides is 1. The number of para-hydroxylation sites is 1. The number of unbranched alkanes of at least 4 members (excludes halogenated alkanes) is 1. The number of carbonyl (C=O) groups excluding carboxylic acids is 1. The standard InChI is InChI=1S/C25H28ClNO/c1-2-27-23-9-5-4-8-21(23)22-17-19(13-16-24(22)27)25(28)10-6-3-7-18-11-14-20(26)15-12-18/h4-5,8-9,11-14,16,19-20H,2-3,6-7,10,15,17H2,1H3. The number of halogens is 1. The zero-order valence-electron chi connectivity index (χ0n) is 16.5. The molecule has 3 heteroatoms.